The van der Waals surface area contributed by atoms with Crippen molar-refractivity contribution >= 4 is 11.7 Å². The van der Waals surface area contributed by atoms with Crippen LogP contribution in [0.1, 0.15) is 18.9 Å². The summed E-state index contributed by atoms with van der Waals surface area (Å²) >= 11 is 0. The van der Waals surface area contributed by atoms with E-state index < -0.39 is 0 Å². The van der Waals surface area contributed by atoms with Gasteiger partial charge >= 0.3 is 0 Å². The highest BCUT2D eigenvalue weighted by Crippen LogP contribution is 2.09. The Morgan fingerprint density at radius 1 is 1.38 bits per heavy atom. The third-order valence-electron chi connectivity index (χ3n) is 2.97. The zero-order valence-electron chi connectivity index (χ0n) is 13.2. The number of likely N-dealkylation sites (N-methyl/N-ethyl adjacent to an activating group) is 1. The van der Waals surface area contributed by atoms with Gasteiger partial charge in [0.2, 0.25) is 5.91 Å². The molecule has 21 heavy (non-hydrogen) atoms. The highest BCUT2D eigenvalue weighted by Gasteiger charge is 2.08. The maximum atomic E-state index is 11.7. The van der Waals surface area contributed by atoms with Gasteiger partial charge in [-0.2, -0.15) is 0 Å². The fourth-order valence-corrected chi connectivity index (χ4v) is 1.80. The van der Waals surface area contributed by atoms with Crippen LogP contribution in [0.5, 0.6) is 0 Å². The van der Waals surface area contributed by atoms with Crippen molar-refractivity contribution in [1.29, 1.82) is 0 Å². The third kappa shape index (κ3) is 7.06. The van der Waals surface area contributed by atoms with E-state index in [4.69, 9.17) is 4.74 Å². The number of nitrogens with zero attached hydrogens (tertiary/aromatic N) is 2. The van der Waals surface area contributed by atoms with E-state index in [1.54, 1.807) is 7.11 Å². The van der Waals surface area contributed by atoms with E-state index in [-0.39, 0.29) is 12.5 Å². The molecule has 0 radical (unpaired) electrons. The molecule has 0 saturated heterocycles. The van der Waals surface area contributed by atoms with Crippen molar-refractivity contribution in [3.8, 4) is 0 Å². The van der Waals surface area contributed by atoms with Crippen LogP contribution in [0.3, 0.4) is 0 Å². The zero-order chi connectivity index (χ0) is 15.5. The van der Waals surface area contributed by atoms with Crippen molar-refractivity contribution < 1.29 is 9.53 Å². The third-order valence-corrected chi connectivity index (χ3v) is 2.97. The number of pyridine rings is 1. The maximum Gasteiger partial charge on any atom is 0.239 e. The molecule has 1 rings (SSSR count). The summed E-state index contributed by atoms with van der Waals surface area (Å²) in [5.74, 6) is 0.751. The molecule has 0 aromatic carbocycles. The minimum Gasteiger partial charge on any atom is -0.383 e. The highest BCUT2D eigenvalue weighted by molar-refractivity contribution is 5.80. The Morgan fingerprint density at radius 3 is 2.81 bits per heavy atom. The lowest BCUT2D eigenvalue weighted by Crippen LogP contribution is -2.36. The Balaban J connectivity index is 2.39. The number of carbonyl (C=O) groups is 1. The molecule has 0 atom stereocenters. The van der Waals surface area contributed by atoms with Gasteiger partial charge in [0.05, 0.1) is 13.2 Å². The minimum atomic E-state index is -0.0370. The Hall–Kier alpha value is -1.66. The van der Waals surface area contributed by atoms with E-state index in [1.165, 1.54) is 0 Å². The zero-order valence-corrected chi connectivity index (χ0v) is 13.2. The first-order valence-electron chi connectivity index (χ1n) is 7.29. The van der Waals surface area contributed by atoms with Crippen molar-refractivity contribution in [3.05, 3.63) is 23.9 Å². The molecule has 1 aromatic rings. The van der Waals surface area contributed by atoms with E-state index >= 15 is 0 Å². The van der Waals surface area contributed by atoms with Gasteiger partial charge in [-0.15, -0.1) is 0 Å². The molecule has 2 N–H and O–H groups in total. The highest BCUT2D eigenvalue weighted by atomic mass is 16.5. The van der Waals surface area contributed by atoms with E-state index in [2.05, 4.69) is 22.5 Å². The molecule has 0 unspecified atom stereocenters. The van der Waals surface area contributed by atoms with Crippen molar-refractivity contribution in [3.63, 3.8) is 0 Å². The van der Waals surface area contributed by atoms with Gasteiger partial charge in [0.1, 0.15) is 5.82 Å². The molecule has 1 aromatic heterocycles. The van der Waals surface area contributed by atoms with Gasteiger partial charge in [-0.3, -0.25) is 4.79 Å². The molecular weight excluding hydrogens is 268 g/mol. The van der Waals surface area contributed by atoms with E-state index in [1.807, 2.05) is 30.3 Å². The lowest BCUT2D eigenvalue weighted by molar-refractivity contribution is -0.119. The summed E-state index contributed by atoms with van der Waals surface area (Å²) in [6, 6.07) is 3.97. The quantitative estimate of drug-likeness (QED) is 0.624. The summed E-state index contributed by atoms with van der Waals surface area (Å²) in [5.41, 5.74) is 1.14. The molecule has 6 nitrogen and oxygen atoms in total. The van der Waals surface area contributed by atoms with Gasteiger partial charge in [0.25, 0.3) is 0 Å². The number of nitrogens with one attached hydrogen (secondary N) is 2. The molecular formula is C15H26N4O2. The maximum absolute atomic E-state index is 11.7. The van der Waals surface area contributed by atoms with Crippen LogP contribution in [-0.2, 0) is 16.1 Å². The summed E-state index contributed by atoms with van der Waals surface area (Å²) in [5, 5.41) is 6.12. The average molecular weight is 294 g/mol. The summed E-state index contributed by atoms with van der Waals surface area (Å²) in [4.78, 5) is 17.9. The van der Waals surface area contributed by atoms with Crippen molar-refractivity contribution in [2.45, 2.75) is 19.9 Å². The van der Waals surface area contributed by atoms with Crippen LogP contribution in [0, 0.1) is 0 Å². The fourth-order valence-electron chi connectivity index (χ4n) is 1.80. The van der Waals surface area contributed by atoms with Crippen LogP contribution in [-0.4, -0.2) is 51.3 Å². The largest absolute Gasteiger partial charge is 0.383 e. The standard InChI is InChI=1S/C15H26N4O2/c1-4-7-16-10-13-5-6-14(18-11-13)19(2)12-15(20)17-8-9-21-3/h5-6,11,16H,4,7-10,12H2,1-3H3,(H,17,20). The lowest BCUT2D eigenvalue weighted by atomic mass is 10.2. The lowest BCUT2D eigenvalue weighted by Gasteiger charge is -2.18. The normalized spacial score (nSPS) is 10.4. The van der Waals surface area contributed by atoms with Gasteiger partial charge in [0.15, 0.2) is 0 Å². The smallest absolute Gasteiger partial charge is 0.239 e. The van der Waals surface area contributed by atoms with Gasteiger partial charge in [0, 0.05) is 33.4 Å². The second-order valence-electron chi connectivity index (χ2n) is 4.90. The number of amides is 1. The van der Waals surface area contributed by atoms with Crippen molar-refractivity contribution in [2.75, 3.05) is 45.3 Å². The minimum absolute atomic E-state index is 0.0370. The van der Waals surface area contributed by atoms with Crippen molar-refractivity contribution in [1.82, 2.24) is 15.6 Å². The van der Waals surface area contributed by atoms with Crippen molar-refractivity contribution in [2.24, 2.45) is 0 Å². The SMILES string of the molecule is CCCNCc1ccc(N(C)CC(=O)NCCOC)nc1. The first-order chi connectivity index (χ1) is 10.2. The van der Waals surface area contributed by atoms with E-state index in [9.17, 15) is 4.79 Å². The van der Waals surface area contributed by atoms with Gasteiger partial charge in [-0.05, 0) is 24.6 Å². The van der Waals surface area contributed by atoms with Crippen LogP contribution in [0.2, 0.25) is 0 Å². The number of rotatable bonds is 10. The Kier molecular flexibility index (Phi) is 8.38. The molecule has 6 heteroatoms. The Labute approximate surface area is 126 Å². The summed E-state index contributed by atoms with van der Waals surface area (Å²) in [6.45, 7) is 5.29. The number of hydrogen-bond acceptors (Lipinski definition) is 5. The fraction of sp³-hybridized carbons (Fsp3) is 0.600. The monoisotopic (exact) mass is 294 g/mol. The number of hydrogen-bond donors (Lipinski definition) is 2. The summed E-state index contributed by atoms with van der Waals surface area (Å²) < 4.78 is 4.89. The number of anilines is 1. The Bertz CT molecular complexity index is 409. The second kappa shape index (κ2) is 10.1. The topological polar surface area (TPSA) is 66.5 Å². The molecule has 118 valence electrons. The molecule has 0 saturated carbocycles. The summed E-state index contributed by atoms with van der Waals surface area (Å²) in [6.07, 6.45) is 2.96. The van der Waals surface area contributed by atoms with E-state index in [0.717, 1.165) is 30.9 Å². The molecule has 1 heterocycles. The predicted molar refractivity (Wildman–Crippen MR) is 84.4 cm³/mol. The Morgan fingerprint density at radius 2 is 2.19 bits per heavy atom. The second-order valence-corrected chi connectivity index (χ2v) is 4.90. The van der Waals surface area contributed by atoms with Crippen LogP contribution in [0.4, 0.5) is 5.82 Å². The first kappa shape index (κ1) is 17.4. The molecule has 1 amide bonds. The van der Waals surface area contributed by atoms with Gasteiger partial charge in [-0.25, -0.2) is 4.98 Å². The number of methoxy groups -OCH3 is 1. The number of carbonyl (C=O) groups excluding carboxylic acids is 1. The molecule has 0 aliphatic carbocycles. The van der Waals surface area contributed by atoms with Crippen LogP contribution in [0.15, 0.2) is 18.3 Å². The number of aromatic nitrogens is 1. The van der Waals surface area contributed by atoms with Gasteiger partial charge < -0.3 is 20.3 Å². The van der Waals surface area contributed by atoms with E-state index in [0.29, 0.717) is 13.2 Å². The van der Waals surface area contributed by atoms with Crippen LogP contribution < -0.4 is 15.5 Å². The molecule has 0 spiro atoms. The molecule has 0 fully saturated rings. The number of ether oxygens (including phenoxy) is 1. The van der Waals surface area contributed by atoms with Gasteiger partial charge in [-0.1, -0.05) is 13.0 Å². The first-order valence-corrected chi connectivity index (χ1v) is 7.29. The van der Waals surface area contributed by atoms with Crippen LogP contribution >= 0.6 is 0 Å². The molecule has 0 bridgehead atoms. The molecule has 0 aliphatic heterocycles. The van der Waals surface area contributed by atoms with Crippen LogP contribution in [0.25, 0.3) is 0 Å². The molecule has 0 aliphatic rings. The summed E-state index contributed by atoms with van der Waals surface area (Å²) in [7, 11) is 3.46. The predicted octanol–water partition coefficient (Wildman–Crippen LogP) is 0.780. The average Bonchev–Trinajstić information content (AvgIpc) is 2.48.